The predicted molar refractivity (Wildman–Crippen MR) is 87.7 cm³/mol. The van der Waals surface area contributed by atoms with E-state index < -0.39 is 0 Å². The summed E-state index contributed by atoms with van der Waals surface area (Å²) in [5, 5.41) is 12.0. The molecular weight excluding hydrogens is 327 g/mol. The first-order chi connectivity index (χ1) is 12.2. The van der Waals surface area contributed by atoms with Crippen molar-refractivity contribution in [3.63, 3.8) is 0 Å². The molecule has 132 valence electrons. The van der Waals surface area contributed by atoms with E-state index in [9.17, 15) is 9.18 Å². The molecule has 1 aromatic heterocycles. The quantitative estimate of drug-likeness (QED) is 0.861. The van der Waals surface area contributed by atoms with Crippen molar-refractivity contribution in [1.29, 1.82) is 0 Å². The maximum absolute atomic E-state index is 13.3. The van der Waals surface area contributed by atoms with Gasteiger partial charge in [0.1, 0.15) is 23.4 Å². The first kappa shape index (κ1) is 17.3. The second-order valence-corrected chi connectivity index (χ2v) is 5.76. The number of aliphatic hydroxyl groups is 1. The van der Waals surface area contributed by atoms with Crippen molar-refractivity contribution in [2.75, 3.05) is 13.2 Å². The zero-order valence-electron chi connectivity index (χ0n) is 13.5. The molecule has 1 fully saturated rings. The van der Waals surface area contributed by atoms with Gasteiger partial charge in [0.25, 0.3) is 5.91 Å². The van der Waals surface area contributed by atoms with Crippen molar-refractivity contribution in [3.05, 3.63) is 59.7 Å². The van der Waals surface area contributed by atoms with Crippen molar-refractivity contribution < 1.29 is 23.8 Å². The normalized spacial score (nSPS) is 20.1. The van der Waals surface area contributed by atoms with Crippen molar-refractivity contribution in [3.8, 4) is 5.75 Å². The molecule has 1 amide bonds. The lowest BCUT2D eigenvalue weighted by Crippen LogP contribution is -2.52. The van der Waals surface area contributed by atoms with Crippen LogP contribution in [0.15, 0.2) is 42.6 Å². The third kappa shape index (κ3) is 4.52. The van der Waals surface area contributed by atoms with Gasteiger partial charge in [-0.05, 0) is 29.8 Å². The summed E-state index contributed by atoms with van der Waals surface area (Å²) in [6.45, 7) is 0.636. The van der Waals surface area contributed by atoms with Crippen molar-refractivity contribution in [2.24, 2.45) is 0 Å². The number of aliphatic hydroxyl groups excluding tert-OH is 1. The second-order valence-electron chi connectivity index (χ2n) is 5.76. The molecule has 0 spiro atoms. The van der Waals surface area contributed by atoms with Crippen molar-refractivity contribution in [1.82, 2.24) is 10.3 Å². The third-order valence-corrected chi connectivity index (χ3v) is 3.93. The molecule has 0 bridgehead atoms. The first-order valence-electron chi connectivity index (χ1n) is 8.02. The molecule has 0 saturated carbocycles. The zero-order chi connectivity index (χ0) is 17.6. The molecule has 25 heavy (non-hydrogen) atoms. The molecule has 2 heterocycles. The maximum atomic E-state index is 13.3. The summed E-state index contributed by atoms with van der Waals surface area (Å²) in [5.41, 5.74) is 0.814. The number of carbonyl (C=O) groups is 1. The van der Waals surface area contributed by atoms with Gasteiger partial charge in [-0.25, -0.2) is 4.39 Å². The number of rotatable bonds is 5. The summed E-state index contributed by atoms with van der Waals surface area (Å²) in [6.07, 6.45) is 1.71. The van der Waals surface area contributed by atoms with Crippen LogP contribution >= 0.6 is 0 Å². The van der Waals surface area contributed by atoms with Crippen molar-refractivity contribution in [2.45, 2.75) is 25.2 Å². The van der Waals surface area contributed by atoms with Crippen LogP contribution in [-0.4, -0.2) is 41.4 Å². The van der Waals surface area contributed by atoms with Crippen LogP contribution in [0, 0.1) is 5.82 Å². The minimum Gasteiger partial charge on any atom is -0.488 e. The number of halogens is 1. The van der Waals surface area contributed by atoms with E-state index in [1.165, 1.54) is 24.4 Å². The van der Waals surface area contributed by atoms with E-state index in [0.717, 1.165) is 0 Å². The van der Waals surface area contributed by atoms with Gasteiger partial charge in [0.2, 0.25) is 0 Å². The third-order valence-electron chi connectivity index (χ3n) is 3.93. The average Bonchev–Trinajstić information content (AvgIpc) is 2.63. The van der Waals surface area contributed by atoms with E-state index in [0.29, 0.717) is 30.9 Å². The first-order valence-corrected chi connectivity index (χ1v) is 8.02. The predicted octanol–water partition coefficient (Wildman–Crippen LogP) is 1.68. The lowest BCUT2D eigenvalue weighted by molar-refractivity contribution is -0.00304. The Morgan fingerprint density at radius 3 is 3.08 bits per heavy atom. The number of aromatic nitrogens is 1. The molecule has 3 rings (SSSR count). The van der Waals surface area contributed by atoms with Crippen LogP contribution in [0.3, 0.4) is 0 Å². The fraction of sp³-hybridized carbons (Fsp3) is 0.333. The number of hydrogen-bond donors (Lipinski definition) is 2. The zero-order valence-corrected chi connectivity index (χ0v) is 13.5. The van der Waals surface area contributed by atoms with Gasteiger partial charge in [-0.1, -0.05) is 6.07 Å². The fourth-order valence-corrected chi connectivity index (χ4v) is 2.65. The van der Waals surface area contributed by atoms with Crippen LogP contribution < -0.4 is 10.1 Å². The Bertz CT molecular complexity index is 741. The van der Waals surface area contributed by atoms with Crippen LogP contribution in [0.4, 0.5) is 4.39 Å². The molecule has 2 N–H and O–H groups in total. The largest absolute Gasteiger partial charge is 0.488 e. The summed E-state index contributed by atoms with van der Waals surface area (Å²) in [7, 11) is 0. The highest BCUT2D eigenvalue weighted by molar-refractivity contribution is 5.92. The molecular formula is C18H19FN2O4. The Labute approximate surface area is 144 Å². The number of amides is 1. The molecule has 0 aliphatic carbocycles. The highest BCUT2D eigenvalue weighted by atomic mass is 19.1. The van der Waals surface area contributed by atoms with E-state index in [1.807, 2.05) is 0 Å². The molecule has 0 unspecified atom stereocenters. The van der Waals surface area contributed by atoms with Gasteiger partial charge < -0.3 is 19.9 Å². The molecule has 0 radical (unpaired) electrons. The molecule has 1 aliphatic rings. The Morgan fingerprint density at radius 2 is 2.28 bits per heavy atom. The molecule has 7 heteroatoms. The van der Waals surface area contributed by atoms with Gasteiger partial charge in [0, 0.05) is 18.7 Å². The van der Waals surface area contributed by atoms with Crippen LogP contribution in [0.2, 0.25) is 0 Å². The Hall–Kier alpha value is -2.51. The standard InChI is InChI=1S/C18H19FN2O4/c19-13-2-1-3-14(9-13)25-17-5-7-24-11-16(17)21-18(23)15-8-12(10-22)4-6-20-15/h1-4,6,8-9,16-17,22H,5,7,10-11H2,(H,21,23)/t16-,17+/m1/s1. The summed E-state index contributed by atoms with van der Waals surface area (Å²) >= 11 is 0. The van der Waals surface area contributed by atoms with E-state index >= 15 is 0 Å². The molecule has 6 nitrogen and oxygen atoms in total. The van der Waals surface area contributed by atoms with Crippen LogP contribution in [-0.2, 0) is 11.3 Å². The van der Waals surface area contributed by atoms with Gasteiger partial charge >= 0.3 is 0 Å². The van der Waals surface area contributed by atoms with Crippen LogP contribution in [0.25, 0.3) is 0 Å². The highest BCUT2D eigenvalue weighted by Gasteiger charge is 2.29. The topological polar surface area (TPSA) is 80.7 Å². The molecule has 1 saturated heterocycles. The Balaban J connectivity index is 1.69. The minimum absolute atomic E-state index is 0.166. The second kappa shape index (κ2) is 8.04. The van der Waals surface area contributed by atoms with Crippen molar-refractivity contribution >= 4 is 5.91 Å². The van der Waals surface area contributed by atoms with Gasteiger partial charge in [-0.3, -0.25) is 9.78 Å². The summed E-state index contributed by atoms with van der Waals surface area (Å²) in [5.74, 6) is -0.347. The molecule has 2 aromatic rings. The van der Waals surface area contributed by atoms with Gasteiger partial charge in [-0.2, -0.15) is 0 Å². The van der Waals surface area contributed by atoms with E-state index in [4.69, 9.17) is 14.6 Å². The Kier molecular flexibility index (Phi) is 5.57. The number of carbonyl (C=O) groups excluding carboxylic acids is 1. The summed E-state index contributed by atoms with van der Waals surface area (Å²) in [4.78, 5) is 16.4. The van der Waals surface area contributed by atoms with Gasteiger partial charge in [0.05, 0.1) is 25.9 Å². The maximum Gasteiger partial charge on any atom is 0.270 e. The number of nitrogens with one attached hydrogen (secondary N) is 1. The monoisotopic (exact) mass is 346 g/mol. The Morgan fingerprint density at radius 1 is 1.40 bits per heavy atom. The summed E-state index contributed by atoms with van der Waals surface area (Å²) < 4.78 is 24.6. The number of benzene rings is 1. The average molecular weight is 346 g/mol. The van der Waals surface area contributed by atoms with E-state index in [-0.39, 0.29) is 36.2 Å². The van der Waals surface area contributed by atoms with Gasteiger partial charge in [0.15, 0.2) is 0 Å². The smallest absolute Gasteiger partial charge is 0.270 e. The molecule has 1 aliphatic heterocycles. The molecule has 1 aromatic carbocycles. The summed E-state index contributed by atoms with van der Waals surface area (Å²) in [6, 6.07) is 8.67. The highest BCUT2D eigenvalue weighted by Crippen LogP contribution is 2.19. The fourth-order valence-electron chi connectivity index (χ4n) is 2.65. The number of pyridine rings is 1. The SMILES string of the molecule is O=C(N[C@@H]1COCC[C@@H]1Oc1cccc(F)c1)c1cc(CO)ccn1. The number of hydrogen-bond acceptors (Lipinski definition) is 5. The van der Waals surface area contributed by atoms with E-state index in [1.54, 1.807) is 18.2 Å². The number of ether oxygens (including phenoxy) is 2. The van der Waals surface area contributed by atoms with Gasteiger partial charge in [-0.15, -0.1) is 0 Å². The molecule has 2 atom stereocenters. The minimum atomic E-state index is -0.385. The van der Waals surface area contributed by atoms with E-state index in [2.05, 4.69) is 10.3 Å². The van der Waals surface area contributed by atoms with Crippen LogP contribution in [0.1, 0.15) is 22.5 Å². The lowest BCUT2D eigenvalue weighted by atomic mass is 10.1. The van der Waals surface area contributed by atoms with Crippen LogP contribution in [0.5, 0.6) is 5.75 Å². The lowest BCUT2D eigenvalue weighted by Gasteiger charge is -2.32. The number of nitrogens with zero attached hydrogens (tertiary/aromatic N) is 1.